The van der Waals surface area contributed by atoms with E-state index in [2.05, 4.69) is 26.2 Å². The van der Waals surface area contributed by atoms with Gasteiger partial charge in [0, 0.05) is 22.5 Å². The molecule has 2 heterocycles. The number of nitrogens with one attached hydrogen (secondary N) is 1. The highest BCUT2D eigenvalue weighted by Crippen LogP contribution is 2.39. The molecule has 0 atom stereocenters. The molecule has 0 unspecified atom stereocenters. The maximum absolute atomic E-state index is 12.7. The molecule has 0 spiro atoms. The van der Waals surface area contributed by atoms with Gasteiger partial charge in [0.1, 0.15) is 16.5 Å². The lowest BCUT2D eigenvalue weighted by atomic mass is 10.1. The number of amides is 2. The summed E-state index contributed by atoms with van der Waals surface area (Å²) in [5.74, 6) is -4.12. The van der Waals surface area contributed by atoms with E-state index in [0.717, 1.165) is 38.0 Å². The van der Waals surface area contributed by atoms with Crippen LogP contribution in [0.5, 0.6) is 0 Å². The highest BCUT2D eigenvalue weighted by Gasteiger charge is 2.29. The Morgan fingerprint density at radius 1 is 1.18 bits per heavy atom. The third kappa shape index (κ3) is 6.60. The number of hydrogen-bond donors (Lipinski definition) is 1. The summed E-state index contributed by atoms with van der Waals surface area (Å²) in [5.41, 5.74) is 1.95. The van der Waals surface area contributed by atoms with Crippen LogP contribution in [0.4, 0.5) is 5.00 Å². The topological polar surface area (TPSA) is 133 Å². The van der Waals surface area contributed by atoms with Crippen molar-refractivity contribution in [3.05, 3.63) is 43.5 Å². The Labute approximate surface area is 235 Å². The number of thiophene rings is 1. The van der Waals surface area contributed by atoms with Gasteiger partial charge in [-0.1, -0.05) is 27.3 Å². The number of halogens is 1. The Bertz CT molecular complexity index is 1570. The van der Waals surface area contributed by atoms with Crippen molar-refractivity contribution in [3.8, 4) is 0 Å². The molecule has 38 heavy (non-hydrogen) atoms. The van der Waals surface area contributed by atoms with Crippen LogP contribution in [0.25, 0.3) is 10.2 Å². The number of benzene rings is 1. The molecular formula is C24H26BrN3O7S3. The normalized spacial score (nSPS) is 13.6. The van der Waals surface area contributed by atoms with E-state index in [1.54, 1.807) is 0 Å². The molecule has 0 radical (unpaired) electrons. The number of anilines is 1. The molecule has 2 aromatic heterocycles. The Kier molecular flexibility index (Phi) is 9.19. The number of nitrogens with zero attached hydrogens (tertiary/aromatic N) is 2. The number of sulfone groups is 1. The summed E-state index contributed by atoms with van der Waals surface area (Å²) < 4.78 is 39.2. The van der Waals surface area contributed by atoms with Gasteiger partial charge in [0.15, 0.2) is 14.6 Å². The fourth-order valence-corrected chi connectivity index (χ4v) is 8.13. The van der Waals surface area contributed by atoms with Gasteiger partial charge in [0.05, 0.1) is 29.5 Å². The maximum Gasteiger partial charge on any atom is 0.341 e. The molecule has 0 aliphatic heterocycles. The molecule has 204 valence electrons. The molecule has 1 aliphatic rings. The minimum atomic E-state index is -4.13. The second kappa shape index (κ2) is 12.2. The molecule has 4 rings (SSSR count). The van der Waals surface area contributed by atoms with Crippen molar-refractivity contribution in [3.63, 3.8) is 0 Å². The molecule has 14 heteroatoms. The molecule has 1 N–H and O–H groups in total. The standard InChI is InChI=1S/C24H26BrN3O7S3/c1-3-35-10-9-28-16-8-7-14(25)11-18(16)37-24(28)27-20(30)13-38(32,33)12-19(29)26-22-21(23(31)34-2)15-5-4-6-17(15)36-22/h7-8,11H,3-6,9-10,12-13H2,1-2H3,(H,26,29). The minimum Gasteiger partial charge on any atom is -0.465 e. The molecule has 0 saturated carbocycles. The number of aryl methyl sites for hydroxylation is 1. The van der Waals surface area contributed by atoms with Gasteiger partial charge in [-0.2, -0.15) is 4.99 Å². The van der Waals surface area contributed by atoms with E-state index in [4.69, 9.17) is 9.47 Å². The first-order chi connectivity index (χ1) is 18.1. The highest BCUT2D eigenvalue weighted by molar-refractivity contribution is 9.10. The van der Waals surface area contributed by atoms with Gasteiger partial charge in [0.2, 0.25) is 5.91 Å². The highest BCUT2D eigenvalue weighted by atomic mass is 79.9. The third-order valence-electron chi connectivity index (χ3n) is 5.79. The number of carbonyl (C=O) groups excluding carboxylic acids is 3. The van der Waals surface area contributed by atoms with Crippen LogP contribution in [0.2, 0.25) is 0 Å². The number of rotatable bonds is 10. The van der Waals surface area contributed by atoms with Crippen LogP contribution in [0, 0.1) is 0 Å². The van der Waals surface area contributed by atoms with Crippen molar-refractivity contribution in [2.24, 2.45) is 4.99 Å². The number of carbonyl (C=O) groups is 3. The minimum absolute atomic E-state index is 0.268. The van der Waals surface area contributed by atoms with Crippen molar-refractivity contribution in [1.29, 1.82) is 0 Å². The summed E-state index contributed by atoms with van der Waals surface area (Å²) in [7, 11) is -2.88. The molecule has 1 aliphatic carbocycles. The molecule has 0 bridgehead atoms. The molecule has 10 nitrogen and oxygen atoms in total. The Morgan fingerprint density at radius 2 is 1.97 bits per heavy atom. The van der Waals surface area contributed by atoms with E-state index in [-0.39, 0.29) is 10.6 Å². The lowest BCUT2D eigenvalue weighted by Crippen LogP contribution is -2.28. The monoisotopic (exact) mass is 643 g/mol. The van der Waals surface area contributed by atoms with Gasteiger partial charge in [-0.15, -0.1) is 11.3 Å². The summed E-state index contributed by atoms with van der Waals surface area (Å²) >= 11 is 5.93. The van der Waals surface area contributed by atoms with Crippen LogP contribution in [0.3, 0.4) is 0 Å². The molecule has 2 amide bonds. The number of thiazole rings is 1. The fourth-order valence-electron chi connectivity index (χ4n) is 4.20. The number of methoxy groups -OCH3 is 1. The first-order valence-corrected chi connectivity index (χ1v) is 16.0. The van der Waals surface area contributed by atoms with Crippen molar-refractivity contribution in [1.82, 2.24) is 4.57 Å². The molecule has 3 aromatic rings. The first-order valence-electron chi connectivity index (χ1n) is 11.8. The zero-order valence-electron chi connectivity index (χ0n) is 20.7. The van der Waals surface area contributed by atoms with E-state index in [9.17, 15) is 22.8 Å². The van der Waals surface area contributed by atoms with E-state index in [0.29, 0.717) is 31.0 Å². The summed E-state index contributed by atoms with van der Waals surface area (Å²) in [6.45, 7) is 3.25. The Hall–Kier alpha value is -2.39. The van der Waals surface area contributed by atoms with E-state index < -0.39 is 39.1 Å². The second-order valence-electron chi connectivity index (χ2n) is 8.48. The molecule has 0 fully saturated rings. The van der Waals surface area contributed by atoms with Crippen LogP contribution in [-0.4, -0.2) is 62.6 Å². The first kappa shape index (κ1) is 28.6. The average Bonchev–Trinajstić information content (AvgIpc) is 3.50. The van der Waals surface area contributed by atoms with E-state index >= 15 is 0 Å². The fraction of sp³-hybridized carbons (Fsp3) is 0.417. The lowest BCUT2D eigenvalue weighted by Gasteiger charge is -2.07. The number of hydrogen-bond acceptors (Lipinski definition) is 9. The van der Waals surface area contributed by atoms with Gasteiger partial charge in [0.25, 0.3) is 5.91 Å². The van der Waals surface area contributed by atoms with Crippen LogP contribution in [0.1, 0.15) is 34.1 Å². The summed E-state index contributed by atoms with van der Waals surface area (Å²) in [6.07, 6.45) is 2.38. The van der Waals surface area contributed by atoms with E-state index in [1.165, 1.54) is 29.8 Å². The number of esters is 1. The molecular weight excluding hydrogens is 618 g/mol. The Balaban J connectivity index is 1.50. The van der Waals surface area contributed by atoms with Crippen molar-refractivity contribution in [2.75, 3.05) is 37.1 Å². The van der Waals surface area contributed by atoms with Crippen molar-refractivity contribution >= 4 is 81.4 Å². The quantitative estimate of drug-likeness (QED) is 0.265. The van der Waals surface area contributed by atoms with Crippen LogP contribution in [0.15, 0.2) is 27.7 Å². The largest absolute Gasteiger partial charge is 0.465 e. The number of aromatic nitrogens is 1. The Morgan fingerprint density at radius 3 is 2.71 bits per heavy atom. The SMILES string of the molecule is CCOCCn1c(=NC(=O)CS(=O)(=O)CC(=O)Nc2sc3c(c2C(=O)OC)CCC3)sc2cc(Br)ccc21. The zero-order valence-corrected chi connectivity index (χ0v) is 24.8. The van der Waals surface area contributed by atoms with Crippen LogP contribution < -0.4 is 10.1 Å². The molecule has 0 saturated heterocycles. The maximum atomic E-state index is 12.7. The molecule has 1 aromatic carbocycles. The number of ether oxygens (including phenoxy) is 2. The lowest BCUT2D eigenvalue weighted by molar-refractivity contribution is -0.115. The zero-order chi connectivity index (χ0) is 27.4. The third-order valence-corrected chi connectivity index (χ3v) is 9.92. The van der Waals surface area contributed by atoms with Crippen LogP contribution >= 0.6 is 38.6 Å². The van der Waals surface area contributed by atoms with Crippen molar-refractivity contribution in [2.45, 2.75) is 32.7 Å². The van der Waals surface area contributed by atoms with Gasteiger partial charge < -0.3 is 19.4 Å². The second-order valence-corrected chi connectivity index (χ2v) is 13.6. The van der Waals surface area contributed by atoms with Gasteiger partial charge in [-0.3, -0.25) is 9.59 Å². The van der Waals surface area contributed by atoms with E-state index in [1.807, 2.05) is 29.7 Å². The predicted molar refractivity (Wildman–Crippen MR) is 150 cm³/mol. The van der Waals surface area contributed by atoms with Crippen molar-refractivity contribution < 1.29 is 32.3 Å². The predicted octanol–water partition coefficient (Wildman–Crippen LogP) is 3.32. The van der Waals surface area contributed by atoms with Crippen LogP contribution in [-0.2, 0) is 48.3 Å². The number of fused-ring (bicyclic) bond motifs is 2. The summed E-state index contributed by atoms with van der Waals surface area (Å²) in [6, 6.07) is 5.65. The summed E-state index contributed by atoms with van der Waals surface area (Å²) in [4.78, 5) is 43.0. The van der Waals surface area contributed by atoms with Gasteiger partial charge in [-0.25, -0.2) is 13.2 Å². The van der Waals surface area contributed by atoms with Gasteiger partial charge >= 0.3 is 5.97 Å². The summed E-state index contributed by atoms with van der Waals surface area (Å²) in [5, 5.41) is 2.80. The smallest absolute Gasteiger partial charge is 0.341 e. The average molecular weight is 645 g/mol. The van der Waals surface area contributed by atoms with Gasteiger partial charge in [-0.05, 0) is 49.9 Å².